The fourth-order valence-electron chi connectivity index (χ4n) is 3.52. The Kier molecular flexibility index (Phi) is 7.52. The number of hydrogen-bond acceptors (Lipinski definition) is 1. The minimum Gasteiger partial charge on any atom is -0.299 e. The van der Waals surface area contributed by atoms with Gasteiger partial charge in [0.05, 0.1) is 0 Å². The maximum Gasteiger partial charge on any atom is 0.136 e. The quantitative estimate of drug-likeness (QED) is 0.462. The average molecular weight is 435 g/mol. The van der Waals surface area contributed by atoms with Crippen molar-refractivity contribution in [2.45, 2.75) is 26.2 Å². The van der Waals surface area contributed by atoms with E-state index in [0.29, 0.717) is 0 Å². The number of ketones is 1. The van der Waals surface area contributed by atoms with Crippen molar-refractivity contribution in [2.75, 3.05) is 0 Å². The summed E-state index contributed by atoms with van der Waals surface area (Å²) in [5.41, 5.74) is 3.21. The summed E-state index contributed by atoms with van der Waals surface area (Å²) in [6, 6.07) is 31.1. The Morgan fingerprint density at radius 2 is 0.885 bits per heavy atom. The summed E-state index contributed by atoms with van der Waals surface area (Å²) in [6.45, 7) is 1.74. The molecule has 26 heavy (non-hydrogen) atoms. The van der Waals surface area contributed by atoms with E-state index in [0.717, 1.165) is 19.3 Å². The Balaban J connectivity index is 0.00000243. The third-order valence-corrected chi connectivity index (χ3v) is 4.90. The number of carbonyl (C=O) groups is 1. The zero-order chi connectivity index (χ0) is 17.5. The summed E-state index contributed by atoms with van der Waals surface area (Å²) < 4.78 is 0. The number of Topliss-reactive ketones (excluding diaryl/α,β-unsaturated/α-hetero) is 1. The van der Waals surface area contributed by atoms with E-state index in [9.17, 15) is 4.79 Å². The Morgan fingerprint density at radius 1 is 0.615 bits per heavy atom. The molecule has 3 aromatic carbocycles. The summed E-state index contributed by atoms with van der Waals surface area (Å²) >= 11 is 0. The Bertz CT molecular complexity index is 696. The molecule has 3 rings (SSSR count). The van der Waals surface area contributed by atoms with Crippen LogP contribution < -0.4 is 0 Å². The maximum absolute atomic E-state index is 12.9. The zero-order valence-electron chi connectivity index (χ0n) is 15.0. The molecule has 0 aliphatic heterocycles. The van der Waals surface area contributed by atoms with Crippen LogP contribution in [0.1, 0.15) is 23.6 Å². The Morgan fingerprint density at radius 3 is 1.12 bits per heavy atom. The third kappa shape index (κ3) is 5.24. The van der Waals surface area contributed by atoms with Gasteiger partial charge in [-0.25, -0.2) is 0 Å². The first-order valence-corrected chi connectivity index (χ1v) is 8.81. The van der Waals surface area contributed by atoms with Crippen molar-refractivity contribution in [3.8, 4) is 0 Å². The van der Waals surface area contributed by atoms with Gasteiger partial charge in [0.25, 0.3) is 0 Å². The van der Waals surface area contributed by atoms with Gasteiger partial charge in [0.1, 0.15) is 5.78 Å². The van der Waals surface area contributed by atoms with Crippen LogP contribution in [0.3, 0.4) is 0 Å². The molecule has 0 N–H and O–H groups in total. The van der Waals surface area contributed by atoms with E-state index in [1.807, 2.05) is 54.6 Å². The number of hydrogen-bond donors (Lipinski definition) is 0. The van der Waals surface area contributed by atoms with E-state index < -0.39 is 5.41 Å². The van der Waals surface area contributed by atoms with Crippen molar-refractivity contribution >= 4 is 5.78 Å². The van der Waals surface area contributed by atoms with E-state index >= 15 is 0 Å². The van der Waals surface area contributed by atoms with Crippen LogP contribution in [0.2, 0.25) is 0 Å². The van der Waals surface area contributed by atoms with E-state index in [1.54, 1.807) is 6.92 Å². The van der Waals surface area contributed by atoms with E-state index in [2.05, 4.69) is 36.4 Å². The fourth-order valence-corrected chi connectivity index (χ4v) is 3.52. The largest absolute Gasteiger partial charge is 0.299 e. The third-order valence-electron chi connectivity index (χ3n) is 4.90. The molecule has 0 aromatic heterocycles. The fraction of sp³-hybridized carbons (Fsp3) is 0.208. The van der Waals surface area contributed by atoms with E-state index in [1.165, 1.54) is 16.7 Å². The summed E-state index contributed by atoms with van der Waals surface area (Å²) in [7, 11) is 0. The van der Waals surface area contributed by atoms with Crippen molar-refractivity contribution in [3.63, 3.8) is 0 Å². The number of rotatable bonds is 7. The number of benzene rings is 3. The Hall–Kier alpha value is -2.01. The van der Waals surface area contributed by atoms with Crippen molar-refractivity contribution in [2.24, 2.45) is 5.41 Å². The summed E-state index contributed by atoms with van der Waals surface area (Å²) in [5.74, 6) is 0.254. The smallest absolute Gasteiger partial charge is 0.136 e. The molecule has 0 saturated carbocycles. The van der Waals surface area contributed by atoms with Crippen molar-refractivity contribution in [1.29, 1.82) is 0 Å². The number of carbonyl (C=O) groups excluding carboxylic acids is 1. The first-order valence-electron chi connectivity index (χ1n) is 8.81. The molecule has 0 atom stereocenters. The van der Waals surface area contributed by atoms with Gasteiger partial charge in [-0.1, -0.05) is 91.0 Å². The zero-order valence-corrected chi connectivity index (χ0v) is 16.6. The van der Waals surface area contributed by atoms with Gasteiger partial charge in [-0.15, -0.1) is 0 Å². The topological polar surface area (TPSA) is 17.1 Å². The molecule has 0 amide bonds. The maximum atomic E-state index is 12.9. The van der Waals surface area contributed by atoms with Gasteiger partial charge in [0.15, 0.2) is 0 Å². The second kappa shape index (κ2) is 9.62. The van der Waals surface area contributed by atoms with Crippen LogP contribution in [0.5, 0.6) is 0 Å². The molecule has 0 spiro atoms. The van der Waals surface area contributed by atoms with Crippen LogP contribution in [-0.4, -0.2) is 5.78 Å². The van der Waals surface area contributed by atoms with Gasteiger partial charge in [-0.05, 0) is 42.9 Å². The minimum absolute atomic E-state index is 0. The summed E-state index contributed by atoms with van der Waals surface area (Å²) in [4.78, 5) is 12.9. The molecular formula is C24H24OPd. The van der Waals surface area contributed by atoms with Gasteiger partial charge < -0.3 is 0 Å². The van der Waals surface area contributed by atoms with Crippen LogP contribution in [-0.2, 0) is 44.5 Å². The van der Waals surface area contributed by atoms with Gasteiger partial charge in [-0.3, -0.25) is 4.79 Å². The second-order valence-corrected chi connectivity index (χ2v) is 6.82. The molecule has 0 fully saturated rings. The van der Waals surface area contributed by atoms with Crippen LogP contribution in [0, 0.1) is 5.41 Å². The van der Waals surface area contributed by atoms with Gasteiger partial charge in [0, 0.05) is 25.8 Å². The average Bonchev–Trinajstić information content (AvgIpc) is 2.64. The van der Waals surface area contributed by atoms with Gasteiger partial charge >= 0.3 is 0 Å². The van der Waals surface area contributed by atoms with Crippen molar-refractivity contribution in [1.82, 2.24) is 0 Å². The van der Waals surface area contributed by atoms with E-state index in [4.69, 9.17) is 0 Å². The van der Waals surface area contributed by atoms with E-state index in [-0.39, 0.29) is 26.2 Å². The van der Waals surface area contributed by atoms with Crippen LogP contribution in [0.15, 0.2) is 91.0 Å². The molecular weight excluding hydrogens is 411 g/mol. The summed E-state index contributed by atoms with van der Waals surface area (Å²) in [5, 5.41) is 0. The minimum atomic E-state index is -0.427. The Labute approximate surface area is 170 Å². The van der Waals surface area contributed by atoms with Crippen LogP contribution in [0.4, 0.5) is 0 Å². The van der Waals surface area contributed by atoms with Gasteiger partial charge in [0.2, 0.25) is 0 Å². The molecule has 0 aliphatic rings. The summed E-state index contributed by atoms with van der Waals surface area (Å²) in [6.07, 6.45) is 2.27. The van der Waals surface area contributed by atoms with Crippen molar-refractivity contribution in [3.05, 3.63) is 108 Å². The molecule has 0 saturated heterocycles. The van der Waals surface area contributed by atoms with Gasteiger partial charge in [-0.2, -0.15) is 0 Å². The predicted molar refractivity (Wildman–Crippen MR) is 104 cm³/mol. The molecule has 3 aromatic rings. The van der Waals surface area contributed by atoms with Crippen LogP contribution >= 0.6 is 0 Å². The van der Waals surface area contributed by atoms with Crippen molar-refractivity contribution < 1.29 is 25.2 Å². The van der Waals surface area contributed by atoms with Crippen LogP contribution in [0.25, 0.3) is 0 Å². The normalized spacial score (nSPS) is 10.8. The molecule has 0 bridgehead atoms. The molecule has 2 heteroatoms. The first-order chi connectivity index (χ1) is 12.2. The molecule has 136 valence electrons. The molecule has 0 aliphatic carbocycles. The molecule has 0 radical (unpaired) electrons. The standard InChI is InChI=1S/C24H24O.Pd/c1-20(25)24(17-21-11-5-2-6-12-21,18-22-13-7-3-8-14-22)19-23-15-9-4-10-16-23;/h2-16H,17-19H2,1H3;. The SMILES string of the molecule is CC(=O)C(Cc1ccccc1)(Cc1ccccc1)Cc1ccccc1.[Pd]. The molecule has 1 nitrogen and oxygen atoms in total. The monoisotopic (exact) mass is 434 g/mol. The predicted octanol–water partition coefficient (Wildman–Crippen LogP) is 5.29. The first kappa shape index (κ1) is 20.3. The molecule has 0 unspecified atom stereocenters. The molecule has 0 heterocycles. The second-order valence-electron chi connectivity index (χ2n) is 6.82.